The maximum absolute atomic E-state index is 12.9. The van der Waals surface area contributed by atoms with Crippen LogP contribution in [0.4, 0.5) is 5.69 Å². The molecule has 0 aliphatic carbocycles. The number of fused-ring (bicyclic) bond motifs is 1. The number of hydrazine groups is 1. The largest absolute Gasteiger partial charge is 0.438 e. The van der Waals surface area contributed by atoms with Crippen molar-refractivity contribution in [3.8, 4) is 0 Å². The van der Waals surface area contributed by atoms with E-state index in [0.29, 0.717) is 28.4 Å². The molecule has 1 amide bonds. The first kappa shape index (κ1) is 19.2. The molecule has 1 atom stereocenters. The number of rotatable bonds is 5. The number of Topliss-reactive ketones (excluding diaryl/α,β-unsaturated/α-hetero) is 1. The van der Waals surface area contributed by atoms with E-state index in [9.17, 15) is 9.59 Å². The van der Waals surface area contributed by atoms with E-state index in [-0.39, 0.29) is 23.3 Å². The van der Waals surface area contributed by atoms with Crippen LogP contribution < -0.4 is 10.7 Å². The minimum absolute atomic E-state index is 0.169. The standard InChI is InChI=1S/C21H19ClN4O3/c1-3-26-19(28)17(23-15-8-6-7-14(22)11-15)12-21(25-26,13(2)27)20-24-16-9-4-5-10-18(16)29-20/h4-12,23,25H,3H2,1-2H3. The summed E-state index contributed by atoms with van der Waals surface area (Å²) in [5, 5.41) is 4.97. The number of carbonyl (C=O) groups excluding carboxylic acids is 2. The molecule has 0 saturated carbocycles. The highest BCUT2D eigenvalue weighted by Gasteiger charge is 2.47. The lowest BCUT2D eigenvalue weighted by atomic mass is 9.92. The molecule has 4 rings (SSSR count). The highest BCUT2D eigenvalue weighted by atomic mass is 35.5. The zero-order chi connectivity index (χ0) is 20.6. The third kappa shape index (κ3) is 3.39. The van der Waals surface area contributed by atoms with Gasteiger partial charge in [-0.15, -0.1) is 0 Å². The van der Waals surface area contributed by atoms with E-state index < -0.39 is 5.54 Å². The summed E-state index contributed by atoms with van der Waals surface area (Å²) in [4.78, 5) is 30.2. The molecule has 0 saturated heterocycles. The zero-order valence-electron chi connectivity index (χ0n) is 15.9. The van der Waals surface area contributed by atoms with Gasteiger partial charge in [-0.3, -0.25) is 14.6 Å². The highest BCUT2D eigenvalue weighted by Crippen LogP contribution is 2.32. The fraction of sp³-hybridized carbons (Fsp3) is 0.190. The molecule has 1 aliphatic heterocycles. The van der Waals surface area contributed by atoms with Crippen molar-refractivity contribution in [3.05, 3.63) is 71.2 Å². The predicted molar refractivity (Wildman–Crippen MR) is 110 cm³/mol. The Hall–Kier alpha value is -3.16. The molecule has 148 valence electrons. The van der Waals surface area contributed by atoms with Crippen molar-refractivity contribution in [2.24, 2.45) is 0 Å². The SMILES string of the molecule is CCN1NC(C(C)=O)(c2nc3ccccc3o2)C=C(Nc2cccc(Cl)c2)C1=O. The Balaban J connectivity index is 1.85. The van der Waals surface area contributed by atoms with Gasteiger partial charge in [-0.05, 0) is 50.3 Å². The molecule has 0 fully saturated rings. The number of oxazole rings is 1. The van der Waals surface area contributed by atoms with Crippen molar-refractivity contribution < 1.29 is 14.0 Å². The van der Waals surface area contributed by atoms with E-state index in [0.717, 1.165) is 0 Å². The van der Waals surface area contributed by atoms with Crippen molar-refractivity contribution in [1.29, 1.82) is 0 Å². The van der Waals surface area contributed by atoms with Crippen molar-refractivity contribution in [2.45, 2.75) is 19.4 Å². The topological polar surface area (TPSA) is 87.5 Å². The van der Waals surface area contributed by atoms with Crippen LogP contribution in [0.1, 0.15) is 19.7 Å². The van der Waals surface area contributed by atoms with Gasteiger partial charge in [0, 0.05) is 17.3 Å². The number of nitrogens with one attached hydrogen (secondary N) is 2. The van der Waals surface area contributed by atoms with E-state index in [1.807, 2.05) is 19.1 Å². The molecule has 0 bridgehead atoms. The van der Waals surface area contributed by atoms with Gasteiger partial charge >= 0.3 is 0 Å². The normalized spacial score (nSPS) is 19.3. The number of aromatic nitrogens is 1. The molecule has 2 N–H and O–H groups in total. The van der Waals surface area contributed by atoms with E-state index >= 15 is 0 Å². The Bertz CT molecular complexity index is 1110. The maximum Gasteiger partial charge on any atom is 0.284 e. The van der Waals surface area contributed by atoms with Gasteiger partial charge in [-0.25, -0.2) is 10.4 Å². The van der Waals surface area contributed by atoms with Gasteiger partial charge in [0.2, 0.25) is 5.89 Å². The van der Waals surface area contributed by atoms with Crippen molar-refractivity contribution in [3.63, 3.8) is 0 Å². The van der Waals surface area contributed by atoms with E-state index in [1.165, 1.54) is 18.0 Å². The van der Waals surface area contributed by atoms with Crippen LogP contribution in [-0.2, 0) is 15.1 Å². The summed E-state index contributed by atoms with van der Waals surface area (Å²) in [5.41, 5.74) is 3.62. The third-order valence-corrected chi connectivity index (χ3v) is 4.99. The average molecular weight is 411 g/mol. The van der Waals surface area contributed by atoms with Crippen LogP contribution in [0.25, 0.3) is 11.1 Å². The summed E-state index contributed by atoms with van der Waals surface area (Å²) in [5.74, 6) is -0.400. The van der Waals surface area contributed by atoms with Crippen LogP contribution in [0.15, 0.2) is 64.7 Å². The molecule has 1 unspecified atom stereocenters. The first-order valence-electron chi connectivity index (χ1n) is 9.15. The van der Waals surface area contributed by atoms with Crippen LogP contribution >= 0.6 is 11.6 Å². The number of nitrogens with zero attached hydrogens (tertiary/aromatic N) is 2. The molecule has 8 heteroatoms. The summed E-state index contributed by atoms with van der Waals surface area (Å²) >= 11 is 6.06. The summed E-state index contributed by atoms with van der Waals surface area (Å²) in [7, 11) is 0. The number of hydrogen-bond donors (Lipinski definition) is 2. The molecule has 2 heterocycles. The molecule has 2 aromatic carbocycles. The van der Waals surface area contributed by atoms with E-state index in [4.69, 9.17) is 16.0 Å². The number of hydrogen-bond acceptors (Lipinski definition) is 6. The monoisotopic (exact) mass is 410 g/mol. The van der Waals surface area contributed by atoms with Gasteiger partial charge in [-0.2, -0.15) is 0 Å². The van der Waals surface area contributed by atoms with Crippen LogP contribution in [0.5, 0.6) is 0 Å². The Morgan fingerprint density at radius 1 is 1.28 bits per heavy atom. The summed E-state index contributed by atoms with van der Waals surface area (Å²) in [6, 6.07) is 14.2. The number of halogens is 1. The lowest BCUT2D eigenvalue weighted by Gasteiger charge is -2.38. The van der Waals surface area contributed by atoms with Crippen molar-refractivity contribution >= 4 is 40.1 Å². The van der Waals surface area contributed by atoms with E-state index in [2.05, 4.69) is 15.7 Å². The first-order valence-corrected chi connectivity index (χ1v) is 9.53. The first-order chi connectivity index (χ1) is 13.9. The quantitative estimate of drug-likeness (QED) is 0.667. The predicted octanol–water partition coefficient (Wildman–Crippen LogP) is 3.63. The number of anilines is 1. The molecule has 0 spiro atoms. The number of para-hydroxylation sites is 2. The van der Waals surface area contributed by atoms with Gasteiger partial charge in [0.25, 0.3) is 5.91 Å². The van der Waals surface area contributed by atoms with Gasteiger partial charge in [0.1, 0.15) is 11.2 Å². The second-order valence-corrected chi connectivity index (χ2v) is 7.14. The molecule has 29 heavy (non-hydrogen) atoms. The lowest BCUT2D eigenvalue weighted by molar-refractivity contribution is -0.137. The van der Waals surface area contributed by atoms with Crippen LogP contribution in [-0.4, -0.2) is 28.2 Å². The van der Waals surface area contributed by atoms with E-state index in [1.54, 1.807) is 36.4 Å². The Morgan fingerprint density at radius 2 is 2.07 bits per heavy atom. The number of carbonyl (C=O) groups is 2. The Kier molecular flexibility index (Phi) is 4.86. The average Bonchev–Trinajstić information content (AvgIpc) is 3.14. The molecule has 3 aromatic rings. The third-order valence-electron chi connectivity index (χ3n) is 4.75. The minimum Gasteiger partial charge on any atom is -0.438 e. The molecular weight excluding hydrogens is 392 g/mol. The molecule has 1 aliphatic rings. The van der Waals surface area contributed by atoms with Crippen LogP contribution in [0, 0.1) is 0 Å². The second-order valence-electron chi connectivity index (χ2n) is 6.71. The number of amides is 1. The number of ketones is 1. The molecule has 7 nitrogen and oxygen atoms in total. The smallest absolute Gasteiger partial charge is 0.284 e. The molecule has 1 aromatic heterocycles. The summed E-state index contributed by atoms with van der Waals surface area (Å²) in [6.45, 7) is 3.58. The second kappa shape index (κ2) is 7.35. The summed E-state index contributed by atoms with van der Waals surface area (Å²) < 4.78 is 5.89. The fourth-order valence-corrected chi connectivity index (χ4v) is 3.43. The van der Waals surface area contributed by atoms with Crippen LogP contribution in [0.2, 0.25) is 5.02 Å². The maximum atomic E-state index is 12.9. The zero-order valence-corrected chi connectivity index (χ0v) is 16.7. The number of likely N-dealkylation sites (N-methyl/N-ethyl adjacent to an activating group) is 1. The van der Waals surface area contributed by atoms with Gasteiger partial charge < -0.3 is 9.73 Å². The minimum atomic E-state index is -1.43. The fourth-order valence-electron chi connectivity index (χ4n) is 3.23. The molecule has 0 radical (unpaired) electrons. The highest BCUT2D eigenvalue weighted by molar-refractivity contribution is 6.30. The molecular formula is C21H19ClN4O3. The summed E-state index contributed by atoms with van der Waals surface area (Å²) in [6.07, 6.45) is 1.52. The Morgan fingerprint density at radius 3 is 2.76 bits per heavy atom. The van der Waals surface area contributed by atoms with Gasteiger partial charge in [0.15, 0.2) is 16.9 Å². The van der Waals surface area contributed by atoms with Crippen LogP contribution in [0.3, 0.4) is 0 Å². The van der Waals surface area contributed by atoms with Crippen molar-refractivity contribution in [1.82, 2.24) is 15.4 Å². The Labute approximate surface area is 172 Å². The number of benzene rings is 2. The van der Waals surface area contributed by atoms with Crippen molar-refractivity contribution in [2.75, 3.05) is 11.9 Å². The van der Waals surface area contributed by atoms with Gasteiger partial charge in [-0.1, -0.05) is 29.8 Å². The lowest BCUT2D eigenvalue weighted by Crippen LogP contribution is -2.61. The van der Waals surface area contributed by atoms with Gasteiger partial charge in [0.05, 0.1) is 0 Å².